The number of ether oxygens (including phenoxy) is 2. The van der Waals surface area contributed by atoms with Gasteiger partial charge < -0.3 is 14.4 Å². The number of sulfonamides is 1. The summed E-state index contributed by atoms with van der Waals surface area (Å²) in [6.45, 7) is 1.70. The number of benzene rings is 2. The second-order valence-electron chi connectivity index (χ2n) is 7.04. The molecule has 0 atom stereocenters. The Hall–Kier alpha value is -2.62. The maximum absolute atomic E-state index is 13.1. The first kappa shape index (κ1) is 21.6. The van der Waals surface area contributed by atoms with Crippen LogP contribution in [0.4, 0.5) is 4.39 Å². The minimum absolute atomic E-state index is 0.0315. The third-order valence-electron chi connectivity index (χ3n) is 5.04. The lowest BCUT2D eigenvalue weighted by molar-refractivity contribution is -0.127. The van der Waals surface area contributed by atoms with E-state index in [1.807, 2.05) is 0 Å². The van der Waals surface area contributed by atoms with Crippen molar-refractivity contribution < 1.29 is 27.1 Å². The molecule has 0 saturated carbocycles. The molecule has 2 aromatic rings. The molecule has 2 aliphatic rings. The maximum atomic E-state index is 13.1. The highest BCUT2D eigenvalue weighted by molar-refractivity contribution is 7.89. The molecular weight excluding hydrogens is 447 g/mol. The molecule has 2 heterocycles. The lowest BCUT2D eigenvalue weighted by atomic mass is 10.1. The quantitative estimate of drug-likeness (QED) is 0.648. The van der Waals surface area contributed by atoms with Crippen LogP contribution in [-0.2, 0) is 14.8 Å². The molecule has 10 heteroatoms. The summed E-state index contributed by atoms with van der Waals surface area (Å²) < 4.78 is 50.8. The lowest BCUT2D eigenvalue weighted by Gasteiger charge is -2.33. The summed E-state index contributed by atoms with van der Waals surface area (Å²) >= 11 is 6.21. The third-order valence-corrected chi connectivity index (χ3v) is 7.23. The number of halogens is 2. The Kier molecular flexibility index (Phi) is 6.17. The largest absolute Gasteiger partial charge is 0.486 e. The second kappa shape index (κ2) is 8.86. The Morgan fingerprint density at radius 2 is 1.71 bits per heavy atom. The molecule has 2 aliphatic heterocycles. The molecule has 2 aromatic carbocycles. The molecule has 0 bridgehead atoms. The average Bonchev–Trinajstić information content (AvgIpc) is 2.78. The van der Waals surface area contributed by atoms with Crippen LogP contribution in [0.3, 0.4) is 0 Å². The smallest absolute Gasteiger partial charge is 0.246 e. The van der Waals surface area contributed by atoms with E-state index in [9.17, 15) is 17.6 Å². The number of carbonyl (C=O) groups is 1. The van der Waals surface area contributed by atoms with Crippen molar-refractivity contribution >= 4 is 33.6 Å². The topological polar surface area (TPSA) is 76.2 Å². The summed E-state index contributed by atoms with van der Waals surface area (Å²) in [7, 11) is -3.73. The normalized spacial score (nSPS) is 17.2. The lowest BCUT2D eigenvalue weighted by Crippen LogP contribution is -2.50. The van der Waals surface area contributed by atoms with Crippen molar-refractivity contribution in [3.05, 3.63) is 58.9 Å². The van der Waals surface area contributed by atoms with Crippen LogP contribution >= 0.6 is 11.6 Å². The van der Waals surface area contributed by atoms with E-state index in [0.717, 1.165) is 12.1 Å². The number of hydrogen-bond donors (Lipinski definition) is 0. The SMILES string of the molecule is O=C(/C=C/c1cc(Cl)c2c(c1)OCCO2)N1CCN(S(=O)(=O)c2ccc(F)cc2)CC1. The minimum Gasteiger partial charge on any atom is -0.486 e. The summed E-state index contributed by atoms with van der Waals surface area (Å²) in [5.41, 5.74) is 0.695. The first-order valence-electron chi connectivity index (χ1n) is 9.66. The van der Waals surface area contributed by atoms with E-state index >= 15 is 0 Å². The molecule has 164 valence electrons. The Balaban J connectivity index is 1.38. The number of hydrogen-bond acceptors (Lipinski definition) is 5. The van der Waals surface area contributed by atoms with Crippen molar-refractivity contribution in [2.45, 2.75) is 4.90 Å². The van der Waals surface area contributed by atoms with Gasteiger partial charge in [-0.1, -0.05) is 11.6 Å². The first-order chi connectivity index (χ1) is 14.8. The summed E-state index contributed by atoms with van der Waals surface area (Å²) in [6, 6.07) is 8.14. The minimum atomic E-state index is -3.73. The first-order valence-corrected chi connectivity index (χ1v) is 11.5. The summed E-state index contributed by atoms with van der Waals surface area (Å²) in [6.07, 6.45) is 3.06. The molecule has 1 amide bonds. The molecule has 1 saturated heterocycles. The predicted octanol–water partition coefficient (Wildman–Crippen LogP) is 2.80. The molecule has 0 radical (unpaired) electrons. The van der Waals surface area contributed by atoms with Gasteiger partial charge in [-0.25, -0.2) is 12.8 Å². The fourth-order valence-corrected chi connectivity index (χ4v) is 5.10. The van der Waals surface area contributed by atoms with E-state index in [-0.39, 0.29) is 37.0 Å². The van der Waals surface area contributed by atoms with Crippen molar-refractivity contribution in [2.24, 2.45) is 0 Å². The van der Waals surface area contributed by atoms with Crippen molar-refractivity contribution in [2.75, 3.05) is 39.4 Å². The second-order valence-corrected chi connectivity index (χ2v) is 9.39. The van der Waals surface area contributed by atoms with Crippen LogP contribution in [0.5, 0.6) is 11.5 Å². The molecular formula is C21H20ClFN2O5S. The van der Waals surface area contributed by atoms with Crippen LogP contribution in [-0.4, -0.2) is 62.9 Å². The highest BCUT2D eigenvalue weighted by Gasteiger charge is 2.29. The van der Waals surface area contributed by atoms with E-state index in [1.54, 1.807) is 23.1 Å². The van der Waals surface area contributed by atoms with Gasteiger partial charge in [-0.3, -0.25) is 4.79 Å². The van der Waals surface area contributed by atoms with Crippen molar-refractivity contribution in [1.29, 1.82) is 0 Å². The highest BCUT2D eigenvalue weighted by atomic mass is 35.5. The molecule has 0 N–H and O–H groups in total. The molecule has 7 nitrogen and oxygen atoms in total. The zero-order chi connectivity index (χ0) is 22.0. The van der Waals surface area contributed by atoms with Gasteiger partial charge in [-0.05, 0) is 48.0 Å². The van der Waals surface area contributed by atoms with E-state index in [4.69, 9.17) is 21.1 Å². The molecule has 0 spiro atoms. The third kappa shape index (κ3) is 4.68. The van der Waals surface area contributed by atoms with Crippen molar-refractivity contribution in [3.63, 3.8) is 0 Å². The average molecular weight is 467 g/mol. The Morgan fingerprint density at radius 3 is 2.42 bits per heavy atom. The number of piperazine rings is 1. The van der Waals surface area contributed by atoms with Crippen molar-refractivity contribution in [1.82, 2.24) is 9.21 Å². The van der Waals surface area contributed by atoms with Crippen molar-refractivity contribution in [3.8, 4) is 11.5 Å². The highest BCUT2D eigenvalue weighted by Crippen LogP contribution is 2.38. The number of fused-ring (bicyclic) bond motifs is 1. The molecule has 0 unspecified atom stereocenters. The van der Waals surface area contributed by atoms with Crippen LogP contribution in [0.1, 0.15) is 5.56 Å². The Labute approximate surface area is 184 Å². The maximum Gasteiger partial charge on any atom is 0.246 e. The monoisotopic (exact) mass is 466 g/mol. The van der Waals surface area contributed by atoms with Crippen LogP contribution in [0.2, 0.25) is 5.02 Å². The summed E-state index contributed by atoms with van der Waals surface area (Å²) in [4.78, 5) is 14.2. The number of carbonyl (C=O) groups excluding carboxylic acids is 1. The van der Waals surface area contributed by atoms with E-state index in [0.29, 0.717) is 35.3 Å². The molecule has 4 rings (SSSR count). The number of amides is 1. The standard InChI is InChI=1S/C21H20ClFN2O5S/c22-18-13-15(14-19-21(18)30-12-11-29-19)1-6-20(26)24-7-9-25(10-8-24)31(27,28)17-4-2-16(23)3-5-17/h1-6,13-14H,7-12H2/b6-1+. The number of nitrogens with zero attached hydrogens (tertiary/aromatic N) is 2. The zero-order valence-corrected chi connectivity index (χ0v) is 18.0. The van der Waals surface area contributed by atoms with E-state index in [1.165, 1.54) is 22.5 Å². The number of rotatable bonds is 4. The molecule has 1 fully saturated rings. The van der Waals surface area contributed by atoms with Gasteiger partial charge >= 0.3 is 0 Å². The Morgan fingerprint density at radius 1 is 1.03 bits per heavy atom. The van der Waals surface area contributed by atoms with Gasteiger partial charge in [0.05, 0.1) is 9.92 Å². The van der Waals surface area contributed by atoms with Gasteiger partial charge in [0, 0.05) is 32.3 Å². The molecule has 31 heavy (non-hydrogen) atoms. The predicted molar refractivity (Wildman–Crippen MR) is 113 cm³/mol. The zero-order valence-electron chi connectivity index (χ0n) is 16.5. The van der Waals surface area contributed by atoms with Gasteiger partial charge in [-0.2, -0.15) is 4.31 Å². The van der Waals surface area contributed by atoms with Gasteiger partial charge in [-0.15, -0.1) is 0 Å². The summed E-state index contributed by atoms with van der Waals surface area (Å²) in [5, 5.41) is 0.406. The van der Waals surface area contributed by atoms with Gasteiger partial charge in [0.15, 0.2) is 11.5 Å². The van der Waals surface area contributed by atoms with Gasteiger partial charge in [0.25, 0.3) is 0 Å². The van der Waals surface area contributed by atoms with E-state index in [2.05, 4.69) is 0 Å². The van der Waals surface area contributed by atoms with Gasteiger partial charge in [0.1, 0.15) is 19.0 Å². The summed E-state index contributed by atoms with van der Waals surface area (Å²) in [5.74, 6) is 0.297. The van der Waals surface area contributed by atoms with E-state index < -0.39 is 15.8 Å². The van der Waals surface area contributed by atoms with Gasteiger partial charge in [0.2, 0.25) is 15.9 Å². The van der Waals surface area contributed by atoms with Crippen LogP contribution in [0, 0.1) is 5.82 Å². The van der Waals surface area contributed by atoms with Crippen LogP contribution in [0.15, 0.2) is 47.4 Å². The Bertz CT molecular complexity index is 1110. The van der Waals surface area contributed by atoms with Crippen LogP contribution < -0.4 is 9.47 Å². The molecule has 0 aliphatic carbocycles. The molecule has 0 aromatic heterocycles. The fraction of sp³-hybridized carbons (Fsp3) is 0.286. The van der Waals surface area contributed by atoms with Crippen LogP contribution in [0.25, 0.3) is 6.08 Å². The fourth-order valence-electron chi connectivity index (χ4n) is 3.40.